The van der Waals surface area contributed by atoms with Gasteiger partial charge in [0.1, 0.15) is 12.4 Å². The molecule has 0 saturated heterocycles. The summed E-state index contributed by atoms with van der Waals surface area (Å²) in [5.41, 5.74) is 6.50. The SMILES string of the molecule is NCc1ccc(OCc2cccc(F)c2Br)c([N+](=O)[O-])c1. The lowest BCUT2D eigenvalue weighted by atomic mass is 10.2. The molecule has 0 bridgehead atoms. The van der Waals surface area contributed by atoms with Gasteiger partial charge in [-0.05, 0) is 33.6 Å². The second-order valence-electron chi connectivity index (χ2n) is 4.26. The number of nitrogens with two attached hydrogens (primary N) is 1. The highest BCUT2D eigenvalue weighted by atomic mass is 79.9. The largest absolute Gasteiger partial charge is 0.482 e. The van der Waals surface area contributed by atoms with Crippen LogP contribution in [0.4, 0.5) is 10.1 Å². The van der Waals surface area contributed by atoms with Crippen molar-refractivity contribution < 1.29 is 14.1 Å². The highest BCUT2D eigenvalue weighted by Crippen LogP contribution is 2.29. The molecule has 0 aliphatic heterocycles. The fourth-order valence-electron chi connectivity index (χ4n) is 1.77. The van der Waals surface area contributed by atoms with Gasteiger partial charge in [-0.1, -0.05) is 18.2 Å². The van der Waals surface area contributed by atoms with Gasteiger partial charge < -0.3 is 10.5 Å². The summed E-state index contributed by atoms with van der Waals surface area (Å²) >= 11 is 3.12. The van der Waals surface area contributed by atoms with Gasteiger partial charge >= 0.3 is 5.69 Å². The Morgan fingerprint density at radius 3 is 2.76 bits per heavy atom. The molecular formula is C14H12BrFN2O3. The summed E-state index contributed by atoms with van der Waals surface area (Å²) in [4.78, 5) is 10.5. The average Bonchev–Trinajstić information content (AvgIpc) is 2.48. The Hall–Kier alpha value is -1.99. The minimum absolute atomic E-state index is 0.0150. The van der Waals surface area contributed by atoms with Crippen LogP contribution in [0.15, 0.2) is 40.9 Å². The van der Waals surface area contributed by atoms with E-state index in [9.17, 15) is 14.5 Å². The molecule has 0 spiro atoms. The van der Waals surface area contributed by atoms with Crippen LogP contribution in [-0.4, -0.2) is 4.92 Å². The monoisotopic (exact) mass is 354 g/mol. The maximum Gasteiger partial charge on any atom is 0.311 e. The smallest absolute Gasteiger partial charge is 0.311 e. The van der Waals surface area contributed by atoms with Gasteiger partial charge in [0.25, 0.3) is 0 Å². The Bertz CT molecular complexity index is 679. The standard InChI is InChI=1S/C14H12BrFN2O3/c15-14-10(2-1-3-11(14)16)8-21-13-5-4-9(7-17)6-12(13)18(19)20/h1-6H,7-8,17H2. The second-order valence-corrected chi connectivity index (χ2v) is 5.06. The lowest BCUT2D eigenvalue weighted by molar-refractivity contribution is -0.386. The third-order valence-corrected chi connectivity index (χ3v) is 3.76. The Morgan fingerprint density at radius 2 is 2.10 bits per heavy atom. The summed E-state index contributed by atoms with van der Waals surface area (Å²) in [7, 11) is 0. The van der Waals surface area contributed by atoms with E-state index in [1.807, 2.05) is 0 Å². The van der Waals surface area contributed by atoms with Gasteiger partial charge in [-0.2, -0.15) is 0 Å². The quantitative estimate of drug-likeness (QED) is 0.657. The molecule has 2 aromatic rings. The van der Waals surface area contributed by atoms with Gasteiger partial charge in [-0.15, -0.1) is 0 Å². The molecule has 0 heterocycles. The van der Waals surface area contributed by atoms with Gasteiger partial charge in [-0.25, -0.2) is 4.39 Å². The van der Waals surface area contributed by atoms with E-state index in [1.165, 1.54) is 18.2 Å². The molecule has 0 amide bonds. The summed E-state index contributed by atoms with van der Waals surface area (Å²) in [6.45, 7) is 0.220. The number of hydrogen-bond acceptors (Lipinski definition) is 4. The summed E-state index contributed by atoms with van der Waals surface area (Å²) in [5.74, 6) is -0.294. The molecule has 2 rings (SSSR count). The molecule has 0 aliphatic rings. The average molecular weight is 355 g/mol. The molecule has 0 aromatic heterocycles. The van der Waals surface area contributed by atoms with Crippen molar-refractivity contribution in [3.63, 3.8) is 0 Å². The molecule has 0 aliphatic carbocycles. The van der Waals surface area contributed by atoms with Crippen LogP contribution < -0.4 is 10.5 Å². The van der Waals surface area contributed by atoms with Crippen molar-refractivity contribution in [3.8, 4) is 5.75 Å². The van der Waals surface area contributed by atoms with Crippen LogP contribution >= 0.6 is 15.9 Å². The first-order chi connectivity index (χ1) is 10.0. The van der Waals surface area contributed by atoms with E-state index in [0.717, 1.165) is 0 Å². The molecule has 7 heteroatoms. The highest BCUT2D eigenvalue weighted by Gasteiger charge is 2.16. The molecule has 2 N–H and O–H groups in total. The zero-order chi connectivity index (χ0) is 15.4. The maximum absolute atomic E-state index is 13.4. The van der Waals surface area contributed by atoms with Crippen molar-refractivity contribution >= 4 is 21.6 Å². The van der Waals surface area contributed by atoms with Crippen molar-refractivity contribution in [1.29, 1.82) is 0 Å². The first kappa shape index (κ1) is 15.4. The highest BCUT2D eigenvalue weighted by molar-refractivity contribution is 9.10. The van der Waals surface area contributed by atoms with Crippen LogP contribution in [0.5, 0.6) is 5.75 Å². The fourth-order valence-corrected chi connectivity index (χ4v) is 2.15. The lowest BCUT2D eigenvalue weighted by Crippen LogP contribution is -2.03. The number of ether oxygens (including phenoxy) is 1. The van der Waals surface area contributed by atoms with Crippen LogP contribution in [-0.2, 0) is 13.2 Å². The van der Waals surface area contributed by atoms with E-state index >= 15 is 0 Å². The predicted octanol–water partition coefficient (Wildman–Crippen LogP) is 3.53. The summed E-state index contributed by atoms with van der Waals surface area (Å²) < 4.78 is 19.1. The Morgan fingerprint density at radius 1 is 1.33 bits per heavy atom. The van der Waals surface area contributed by atoms with Gasteiger partial charge in [0, 0.05) is 18.2 Å². The molecule has 0 radical (unpaired) electrons. The topological polar surface area (TPSA) is 78.4 Å². The van der Waals surface area contributed by atoms with Crippen molar-refractivity contribution in [2.75, 3.05) is 0 Å². The molecule has 0 fully saturated rings. The number of hydrogen-bond donors (Lipinski definition) is 1. The van der Waals surface area contributed by atoms with Gasteiger partial charge in [0.2, 0.25) is 0 Å². The minimum atomic E-state index is -0.533. The first-order valence-electron chi connectivity index (χ1n) is 6.06. The van der Waals surface area contributed by atoms with Crippen molar-refractivity contribution in [1.82, 2.24) is 0 Å². The number of halogens is 2. The van der Waals surface area contributed by atoms with Gasteiger partial charge in [-0.3, -0.25) is 10.1 Å². The van der Waals surface area contributed by atoms with Crippen LogP contribution in [0.25, 0.3) is 0 Å². The zero-order valence-corrected chi connectivity index (χ0v) is 12.5. The van der Waals surface area contributed by atoms with Crippen molar-refractivity contribution in [2.24, 2.45) is 5.73 Å². The van der Waals surface area contributed by atoms with E-state index in [4.69, 9.17) is 10.5 Å². The number of nitrogens with zero attached hydrogens (tertiary/aromatic N) is 1. The number of rotatable bonds is 5. The fraction of sp³-hybridized carbons (Fsp3) is 0.143. The third-order valence-electron chi connectivity index (χ3n) is 2.87. The Balaban J connectivity index is 2.23. The van der Waals surface area contributed by atoms with E-state index < -0.39 is 10.7 Å². The van der Waals surface area contributed by atoms with E-state index in [0.29, 0.717) is 11.1 Å². The molecule has 110 valence electrons. The van der Waals surface area contributed by atoms with Crippen molar-refractivity contribution in [2.45, 2.75) is 13.2 Å². The van der Waals surface area contributed by atoms with Crippen LogP contribution in [0.1, 0.15) is 11.1 Å². The van der Waals surface area contributed by atoms with E-state index in [2.05, 4.69) is 15.9 Å². The predicted molar refractivity (Wildman–Crippen MR) is 79.4 cm³/mol. The molecular weight excluding hydrogens is 343 g/mol. The second kappa shape index (κ2) is 6.64. The summed E-state index contributed by atoms with van der Waals surface area (Å²) in [6, 6.07) is 9.05. The molecule has 2 aromatic carbocycles. The number of nitro benzene ring substituents is 1. The molecule has 5 nitrogen and oxygen atoms in total. The summed E-state index contributed by atoms with van der Waals surface area (Å²) in [6.07, 6.45) is 0. The lowest BCUT2D eigenvalue weighted by Gasteiger charge is -2.09. The number of benzene rings is 2. The normalized spacial score (nSPS) is 10.4. The van der Waals surface area contributed by atoms with E-state index in [-0.39, 0.29) is 29.1 Å². The van der Waals surface area contributed by atoms with Gasteiger partial charge in [0.15, 0.2) is 5.75 Å². The molecule has 0 saturated carbocycles. The molecule has 0 unspecified atom stereocenters. The first-order valence-corrected chi connectivity index (χ1v) is 6.85. The zero-order valence-electron chi connectivity index (χ0n) is 10.9. The number of nitro groups is 1. The molecule has 0 atom stereocenters. The molecule has 21 heavy (non-hydrogen) atoms. The Kier molecular flexibility index (Phi) is 4.87. The van der Waals surface area contributed by atoms with Gasteiger partial charge in [0.05, 0.1) is 9.40 Å². The third kappa shape index (κ3) is 3.56. The maximum atomic E-state index is 13.4. The summed E-state index contributed by atoms with van der Waals surface area (Å²) in [5, 5.41) is 11.0. The van der Waals surface area contributed by atoms with Crippen LogP contribution in [0.2, 0.25) is 0 Å². The van der Waals surface area contributed by atoms with Crippen molar-refractivity contribution in [3.05, 3.63) is 67.9 Å². The minimum Gasteiger partial charge on any atom is -0.482 e. The van der Waals surface area contributed by atoms with E-state index in [1.54, 1.807) is 18.2 Å². The van der Waals surface area contributed by atoms with Crippen LogP contribution in [0, 0.1) is 15.9 Å². The Labute approximate surface area is 128 Å². The van der Waals surface area contributed by atoms with Crippen LogP contribution in [0.3, 0.4) is 0 Å².